The summed E-state index contributed by atoms with van der Waals surface area (Å²) in [6, 6.07) is 6.70. The molecule has 182 valence electrons. The molecular weight excluding hydrogens is 428 g/mol. The number of benzene rings is 1. The second kappa shape index (κ2) is 13.0. The van der Waals surface area contributed by atoms with E-state index in [0.717, 1.165) is 0 Å². The van der Waals surface area contributed by atoms with E-state index in [-0.39, 0.29) is 26.1 Å². The van der Waals surface area contributed by atoms with Crippen LogP contribution in [0.15, 0.2) is 24.3 Å². The van der Waals surface area contributed by atoms with Crippen molar-refractivity contribution >= 4 is 5.97 Å². The lowest BCUT2D eigenvalue weighted by Gasteiger charge is -2.33. The van der Waals surface area contributed by atoms with Crippen LogP contribution in [0.4, 0.5) is 0 Å². The van der Waals surface area contributed by atoms with Crippen LogP contribution in [-0.2, 0) is 14.2 Å². The Kier molecular flexibility index (Phi) is 10.7. The fraction of sp³-hybridized carbons (Fsp3) is 0.667. The van der Waals surface area contributed by atoms with Crippen LogP contribution in [0.25, 0.3) is 0 Å². The van der Waals surface area contributed by atoms with Gasteiger partial charge in [0.15, 0.2) is 6.29 Å². The van der Waals surface area contributed by atoms with Crippen LogP contribution >= 0.6 is 0 Å². The van der Waals surface area contributed by atoms with Gasteiger partial charge in [-0.05, 0) is 19.1 Å². The average molecular weight is 460 g/mol. The largest absolute Gasteiger partial charge is 0.464 e. The van der Waals surface area contributed by atoms with Crippen molar-refractivity contribution in [3.8, 4) is 5.75 Å². The van der Waals surface area contributed by atoms with Crippen molar-refractivity contribution in [3.63, 3.8) is 0 Å². The topological polar surface area (TPSA) is 175 Å². The van der Waals surface area contributed by atoms with E-state index >= 15 is 0 Å². The lowest BCUT2D eigenvalue weighted by molar-refractivity contribution is -0.239. The van der Waals surface area contributed by atoms with Crippen LogP contribution in [0.2, 0.25) is 0 Å². The Morgan fingerprint density at radius 1 is 1.03 bits per heavy atom. The van der Waals surface area contributed by atoms with Gasteiger partial charge in [-0.1, -0.05) is 12.1 Å². The monoisotopic (exact) mass is 460 g/mol. The van der Waals surface area contributed by atoms with E-state index in [2.05, 4.69) is 0 Å². The summed E-state index contributed by atoms with van der Waals surface area (Å²) in [7, 11) is 0. The standard InChI is InChI=1S/C15H20O6.C6H12O5/c1-2-19-15(18)12-5-3-4-6-13(12)21-14-8-10(17)7-11(9-16)20-14;7-2-4-6(10)3(8)1-5(9)11-4/h3-6,10-11,14,16-17H,2,7-9H2,1H3;3-10H,1-2H2. The van der Waals surface area contributed by atoms with Gasteiger partial charge in [-0.15, -0.1) is 0 Å². The van der Waals surface area contributed by atoms with Gasteiger partial charge in [0.25, 0.3) is 0 Å². The van der Waals surface area contributed by atoms with Crippen molar-refractivity contribution in [3.05, 3.63) is 29.8 Å². The first kappa shape index (κ1) is 26.4. The molecule has 3 rings (SSSR count). The Labute approximate surface area is 185 Å². The zero-order valence-electron chi connectivity index (χ0n) is 17.8. The predicted molar refractivity (Wildman–Crippen MR) is 109 cm³/mol. The van der Waals surface area contributed by atoms with E-state index in [1.807, 2.05) is 0 Å². The Bertz CT molecular complexity index is 700. The fourth-order valence-corrected chi connectivity index (χ4v) is 3.31. The second-order valence-electron chi connectivity index (χ2n) is 7.44. The highest BCUT2D eigenvalue weighted by molar-refractivity contribution is 5.92. The number of rotatable bonds is 6. The predicted octanol–water partition coefficient (Wildman–Crippen LogP) is -1.09. The van der Waals surface area contributed by atoms with Crippen molar-refractivity contribution in [2.75, 3.05) is 19.8 Å². The maximum atomic E-state index is 11.9. The van der Waals surface area contributed by atoms with Crippen LogP contribution < -0.4 is 4.74 Å². The van der Waals surface area contributed by atoms with E-state index in [1.165, 1.54) is 0 Å². The third-order valence-electron chi connectivity index (χ3n) is 4.92. The molecule has 2 aliphatic heterocycles. The first-order valence-electron chi connectivity index (χ1n) is 10.5. The van der Waals surface area contributed by atoms with Crippen molar-refractivity contribution < 1.29 is 54.4 Å². The molecule has 2 heterocycles. The molecule has 7 atom stereocenters. The normalized spacial score (nSPS) is 32.4. The van der Waals surface area contributed by atoms with Crippen molar-refractivity contribution in [2.45, 2.75) is 69.3 Å². The Morgan fingerprint density at radius 3 is 2.41 bits per heavy atom. The Hall–Kier alpha value is -1.83. The molecule has 32 heavy (non-hydrogen) atoms. The van der Waals surface area contributed by atoms with Crippen molar-refractivity contribution in [1.82, 2.24) is 0 Å². The minimum atomic E-state index is -1.11. The van der Waals surface area contributed by atoms with Crippen LogP contribution in [0.3, 0.4) is 0 Å². The maximum Gasteiger partial charge on any atom is 0.341 e. The zero-order valence-corrected chi connectivity index (χ0v) is 17.8. The first-order valence-corrected chi connectivity index (χ1v) is 10.5. The minimum Gasteiger partial charge on any atom is -0.464 e. The number of hydrogen-bond acceptors (Lipinski definition) is 11. The number of carbonyl (C=O) groups is 1. The highest BCUT2D eigenvalue weighted by Crippen LogP contribution is 2.26. The number of aliphatic hydroxyl groups is 6. The van der Waals surface area contributed by atoms with Crippen molar-refractivity contribution in [2.24, 2.45) is 0 Å². The van der Waals surface area contributed by atoms with E-state index in [1.54, 1.807) is 31.2 Å². The number of aliphatic hydroxyl groups excluding tert-OH is 6. The molecule has 0 amide bonds. The van der Waals surface area contributed by atoms with Gasteiger partial charge < -0.3 is 49.6 Å². The lowest BCUT2D eigenvalue weighted by Crippen LogP contribution is -2.49. The third kappa shape index (κ3) is 7.64. The molecule has 0 spiro atoms. The molecule has 11 nitrogen and oxygen atoms in total. The van der Waals surface area contributed by atoms with Gasteiger partial charge in [0.2, 0.25) is 6.29 Å². The molecule has 0 radical (unpaired) electrons. The Morgan fingerprint density at radius 2 is 1.75 bits per heavy atom. The number of ether oxygens (including phenoxy) is 4. The molecule has 0 aromatic heterocycles. The molecule has 6 N–H and O–H groups in total. The summed E-state index contributed by atoms with van der Waals surface area (Å²) in [5.74, 6) is -0.130. The van der Waals surface area contributed by atoms with Crippen LogP contribution in [0.1, 0.15) is 36.5 Å². The molecule has 0 aliphatic carbocycles. The summed E-state index contributed by atoms with van der Waals surface area (Å²) in [4.78, 5) is 11.9. The van der Waals surface area contributed by atoms with Gasteiger partial charge in [-0.3, -0.25) is 0 Å². The van der Waals surface area contributed by atoms with Crippen LogP contribution in [0, 0.1) is 0 Å². The van der Waals surface area contributed by atoms with Gasteiger partial charge >= 0.3 is 5.97 Å². The number of carbonyl (C=O) groups excluding carboxylic acids is 1. The highest BCUT2D eigenvalue weighted by Gasteiger charge is 2.35. The summed E-state index contributed by atoms with van der Waals surface area (Å²) >= 11 is 0. The molecule has 1 aromatic rings. The molecule has 11 heteroatoms. The molecule has 1 aromatic carbocycles. The van der Waals surface area contributed by atoms with Gasteiger partial charge in [0.05, 0.1) is 38.1 Å². The van der Waals surface area contributed by atoms with E-state index in [4.69, 9.17) is 44.5 Å². The molecule has 0 saturated carbocycles. The third-order valence-corrected chi connectivity index (χ3v) is 4.92. The second-order valence-corrected chi connectivity index (χ2v) is 7.44. The van der Waals surface area contributed by atoms with Crippen molar-refractivity contribution in [1.29, 1.82) is 0 Å². The molecule has 7 unspecified atom stereocenters. The average Bonchev–Trinajstić information content (AvgIpc) is 2.76. The lowest BCUT2D eigenvalue weighted by atomic mass is 10.0. The highest BCUT2D eigenvalue weighted by atomic mass is 16.7. The maximum absolute atomic E-state index is 11.9. The quantitative estimate of drug-likeness (QED) is 0.284. The molecule has 2 fully saturated rings. The summed E-state index contributed by atoms with van der Waals surface area (Å²) < 4.78 is 20.9. The summed E-state index contributed by atoms with van der Waals surface area (Å²) in [5.41, 5.74) is 0.309. The fourth-order valence-electron chi connectivity index (χ4n) is 3.31. The number of para-hydroxylation sites is 1. The molecule has 2 saturated heterocycles. The minimum absolute atomic E-state index is 0.0162. The molecular formula is C21H32O11. The van der Waals surface area contributed by atoms with E-state index in [0.29, 0.717) is 17.7 Å². The van der Waals surface area contributed by atoms with E-state index < -0.39 is 55.7 Å². The van der Waals surface area contributed by atoms with Crippen LogP contribution in [0.5, 0.6) is 5.75 Å². The van der Waals surface area contributed by atoms with Gasteiger partial charge in [-0.25, -0.2) is 4.79 Å². The molecule has 2 aliphatic rings. The first-order chi connectivity index (χ1) is 15.3. The molecule has 0 bridgehead atoms. The summed E-state index contributed by atoms with van der Waals surface area (Å²) in [5, 5.41) is 54.5. The number of esters is 1. The smallest absolute Gasteiger partial charge is 0.341 e. The zero-order chi connectivity index (χ0) is 23.7. The van der Waals surface area contributed by atoms with Crippen LogP contribution in [-0.4, -0.2) is 99.5 Å². The Balaban J connectivity index is 0.000000278. The SMILES string of the molecule is CCOC(=O)c1ccccc1OC1CC(O)CC(CO)O1.OCC1OC(O)CC(O)C1O. The summed E-state index contributed by atoms with van der Waals surface area (Å²) in [6.45, 7) is 1.41. The van der Waals surface area contributed by atoms with E-state index in [9.17, 15) is 9.90 Å². The van der Waals surface area contributed by atoms with Gasteiger partial charge in [0, 0.05) is 19.3 Å². The summed E-state index contributed by atoms with van der Waals surface area (Å²) in [6.07, 6.45) is -5.23. The van der Waals surface area contributed by atoms with Gasteiger partial charge in [0.1, 0.15) is 23.5 Å². The number of hydrogen-bond donors (Lipinski definition) is 6. The van der Waals surface area contributed by atoms with Gasteiger partial charge in [-0.2, -0.15) is 0 Å².